The highest BCUT2D eigenvalue weighted by molar-refractivity contribution is 7.80. The lowest BCUT2D eigenvalue weighted by atomic mass is 10.0. The smallest absolute Gasteiger partial charge is 0.303 e. The second kappa shape index (κ2) is 47.0. The predicted octanol–water partition coefficient (Wildman–Crippen LogP) is -5.13. The minimum absolute atomic E-state index is 0.00249. The first-order valence-corrected chi connectivity index (χ1v) is 37.8. The lowest BCUT2D eigenvalue weighted by molar-refractivity contribution is -0.141. The normalized spacial score (nSPS) is 15.0. The van der Waals surface area contributed by atoms with E-state index in [2.05, 4.69) is 127 Å². The third-order valence-corrected chi connectivity index (χ3v) is 18.6. The van der Waals surface area contributed by atoms with Gasteiger partial charge in [-0.05, 0) is 68.6 Å². The van der Waals surface area contributed by atoms with Crippen molar-refractivity contribution >= 4 is 149 Å². The Morgan fingerprint density at radius 1 is 0.532 bits per heavy atom. The van der Waals surface area contributed by atoms with Crippen LogP contribution >= 0.6 is 37.9 Å². The van der Waals surface area contributed by atoms with Gasteiger partial charge in [0.05, 0.1) is 25.1 Å². The Morgan fingerprint density at radius 3 is 1.49 bits per heavy atom. The number of fused-ring (bicyclic) bond motifs is 1. The van der Waals surface area contributed by atoms with E-state index in [9.17, 15) is 67.4 Å². The third-order valence-electron chi connectivity index (χ3n) is 17.5. The van der Waals surface area contributed by atoms with E-state index in [4.69, 9.17) is 28.0 Å². The number of hydrogen-bond donors (Lipinski definition) is 25. The molecule has 111 heavy (non-hydrogen) atoms. The number of H-pyrrole nitrogens is 2. The van der Waals surface area contributed by atoms with Gasteiger partial charge in [-0.3, -0.25) is 82.7 Å². The van der Waals surface area contributed by atoms with Crippen LogP contribution in [0.4, 0.5) is 0 Å². The molecule has 11 atom stereocenters. The number of carbonyl (C=O) groups is 15. The Hall–Kier alpha value is -11.2. The van der Waals surface area contributed by atoms with Crippen LogP contribution in [0.2, 0.25) is 0 Å². The van der Waals surface area contributed by atoms with Gasteiger partial charge in [-0.15, -0.1) is 0 Å². The number of benzene rings is 2. The van der Waals surface area contributed by atoms with Crippen molar-refractivity contribution in [1.29, 1.82) is 10.8 Å². The summed E-state index contributed by atoms with van der Waals surface area (Å²) < 4.78 is 0. The first-order chi connectivity index (χ1) is 52.9. The van der Waals surface area contributed by atoms with Crippen LogP contribution in [0, 0.1) is 10.8 Å². The second-order valence-corrected chi connectivity index (χ2v) is 27.2. The molecule has 0 bridgehead atoms. The third kappa shape index (κ3) is 31.0. The van der Waals surface area contributed by atoms with Gasteiger partial charge < -0.3 is 112 Å². The number of primary amides is 1. The molecule has 39 nitrogen and oxygen atoms in total. The van der Waals surface area contributed by atoms with Gasteiger partial charge >= 0.3 is 5.97 Å². The Morgan fingerprint density at radius 2 is 0.982 bits per heavy atom. The van der Waals surface area contributed by atoms with Crippen molar-refractivity contribution in [2.24, 2.45) is 17.2 Å². The molecule has 0 radical (unpaired) electrons. The molecule has 0 spiro atoms. The minimum Gasteiger partial charge on any atom is -0.481 e. The summed E-state index contributed by atoms with van der Waals surface area (Å²) in [4.78, 5) is 217. The van der Waals surface area contributed by atoms with Gasteiger partial charge in [0.25, 0.3) is 0 Å². The Bertz CT molecular complexity index is 3890. The predicted molar refractivity (Wildman–Crippen MR) is 416 cm³/mol. The maximum absolute atomic E-state index is 15.1. The van der Waals surface area contributed by atoms with Gasteiger partial charge in [0, 0.05) is 92.8 Å². The van der Waals surface area contributed by atoms with E-state index < -0.39 is 199 Å². The lowest BCUT2D eigenvalue weighted by Crippen LogP contribution is -2.61. The molecule has 1 saturated heterocycles. The van der Waals surface area contributed by atoms with Crippen LogP contribution in [-0.2, 0) is 91.2 Å². The molecule has 1 fully saturated rings. The van der Waals surface area contributed by atoms with Crippen molar-refractivity contribution < 1.29 is 77.0 Å². The summed E-state index contributed by atoms with van der Waals surface area (Å²) >= 11 is 12.9. The number of nitrogens with one attached hydrogen (secondary N) is 18. The molecule has 3 heterocycles. The second-order valence-electron chi connectivity index (χ2n) is 26.1. The van der Waals surface area contributed by atoms with Crippen molar-refractivity contribution in [2.45, 2.75) is 170 Å². The summed E-state index contributed by atoms with van der Waals surface area (Å²) in [7, 11) is 0. The standard InChI is InChI=1S/C69H101N23O16S3/c1-3-4-16-43(82-55(95)32-80-54(94)31-78-37(2)93)58(99)89-52(35-111)66(107)91-50(33-109)64(105)84-45(21-22-56(96)97)60(101)88-49(28-40-30-75-36-81-40)63(104)86-47(26-38-13-6-5-7-14-38)61(102)83-44(18-10-23-76-68(71)72)59(100)87-48(27-39-29-79-42-17-9-8-15-41(39)42)62(103)90-51(34-110)65(106)85-46(19-11-24-77-69(73)74)67(108)92-25-12-20-53(92)57(70)98/h5-9,13-15,17,29-30,36,43-53,79,109-111H,3-4,10-12,16,18-28,31-35H2,1-2H3,(H2,70,98)(H,75,81)(H,78,93)(H,80,94)(H,82,95)(H,83,102)(H,84,105)(H,85,106)(H,86,104)(H,87,100)(H,88,101)(H,89,99)(H,90,103)(H,91,107)(H,96,97)(H4,71,72,76)(H4,73,74,77)/t43-,44-,45-,46-,47+,48-,49-,50-,51-,52-,53-/m0/s1. The molecule has 25 N–H and O–H groups in total. The van der Waals surface area contributed by atoms with Gasteiger partial charge in [0.15, 0.2) is 11.9 Å². The van der Waals surface area contributed by atoms with E-state index in [1.165, 1.54) is 24.3 Å². The number of aromatic amines is 2. The Kier molecular flexibility index (Phi) is 38.3. The average molecular weight is 1600 g/mol. The van der Waals surface area contributed by atoms with E-state index in [1.807, 2.05) is 6.92 Å². The van der Waals surface area contributed by atoms with Crippen molar-refractivity contribution in [1.82, 2.24) is 94.3 Å². The number of likely N-dealkylation sites (tertiary alicyclic amines) is 1. The highest BCUT2D eigenvalue weighted by Gasteiger charge is 2.40. The fourth-order valence-corrected chi connectivity index (χ4v) is 12.4. The number of aromatic nitrogens is 3. The summed E-state index contributed by atoms with van der Waals surface area (Å²) in [5, 5.41) is 61.6. The van der Waals surface area contributed by atoms with E-state index in [1.54, 1.807) is 60.8 Å². The zero-order chi connectivity index (χ0) is 81.7. The van der Waals surface area contributed by atoms with Crippen LogP contribution in [0.5, 0.6) is 0 Å². The van der Waals surface area contributed by atoms with Crippen molar-refractivity contribution in [3.63, 3.8) is 0 Å². The van der Waals surface area contributed by atoms with E-state index >= 15 is 9.59 Å². The largest absolute Gasteiger partial charge is 0.481 e. The number of unbranched alkanes of at least 4 members (excludes halogenated alkanes) is 1. The summed E-state index contributed by atoms with van der Waals surface area (Å²) in [6.07, 6.45) is 3.99. The zero-order valence-corrected chi connectivity index (χ0v) is 64.1. The molecule has 1 aliphatic heterocycles. The zero-order valence-electron chi connectivity index (χ0n) is 61.4. The first kappa shape index (κ1) is 90.4. The fraction of sp³-hybridized carbons (Fsp3) is 0.507. The molecule has 2 aromatic carbocycles. The van der Waals surface area contributed by atoms with E-state index in [0.717, 1.165) is 0 Å². The molecule has 606 valence electrons. The number of nitrogens with zero attached hydrogens (tertiary/aromatic N) is 2. The SMILES string of the molecule is CCCC[C@H](NC(=O)CNC(=O)CNC(C)=O)C(=O)N[C@@H](CS)C(=O)N[C@@H](CS)C(=O)N[C@@H](CCC(=O)O)C(=O)N[C@@H](Cc1c[nH]cn1)C(=O)N[C@H](Cc1ccccc1)C(=O)N[C@@H](CCCNC(=N)N)C(=O)N[C@@H](Cc1c[nH]c2ccccc12)C(=O)N[C@@H](CS)C(=O)N[C@@H](CCCNC(=N)N)C(=O)N1CCC[C@H]1C(N)=O. The van der Waals surface area contributed by atoms with Crippen molar-refractivity contribution in [3.05, 3.63) is 90.1 Å². The van der Waals surface area contributed by atoms with Gasteiger partial charge in [-0.1, -0.05) is 68.3 Å². The number of carboxylic acid groups (broad SMARTS) is 1. The van der Waals surface area contributed by atoms with Crippen LogP contribution in [-0.4, -0.2) is 242 Å². The maximum Gasteiger partial charge on any atom is 0.303 e. The Labute approximate surface area is 655 Å². The number of carboxylic acids is 1. The molecule has 1 aliphatic rings. The van der Waals surface area contributed by atoms with Crippen LogP contribution < -0.4 is 91.6 Å². The average Bonchev–Trinajstić information content (AvgIpc) is 1.73. The van der Waals surface area contributed by atoms with E-state index in [0.29, 0.717) is 47.7 Å². The number of nitrogens with two attached hydrogens (primary N) is 3. The minimum atomic E-state index is -1.76. The lowest BCUT2D eigenvalue weighted by Gasteiger charge is -2.29. The van der Waals surface area contributed by atoms with Gasteiger partial charge in [-0.25, -0.2) is 4.98 Å². The molecule has 42 heteroatoms. The number of amides is 14. The number of hydrogen-bond acceptors (Lipinski definition) is 21. The summed E-state index contributed by atoms with van der Waals surface area (Å²) in [5.74, 6) is -15.3. The van der Waals surface area contributed by atoms with Crippen molar-refractivity contribution in [2.75, 3.05) is 50.0 Å². The molecule has 14 amide bonds. The molecule has 0 aliphatic carbocycles. The number of guanidine groups is 2. The summed E-state index contributed by atoms with van der Waals surface area (Å²) in [5.41, 5.74) is 18.6. The molecule has 0 saturated carbocycles. The Balaban J connectivity index is 1.41. The number of imidazole rings is 1. The molecular weight excluding hydrogens is 1500 g/mol. The topological polar surface area (TPSA) is 618 Å². The molecule has 2 aromatic heterocycles. The summed E-state index contributed by atoms with van der Waals surface area (Å²) in [6.45, 7) is 2.36. The molecule has 4 aromatic rings. The van der Waals surface area contributed by atoms with Crippen molar-refractivity contribution in [3.8, 4) is 0 Å². The molecular formula is C69H101N23O16S3. The number of thiol groups is 3. The van der Waals surface area contributed by atoms with Gasteiger partial charge in [0.2, 0.25) is 82.7 Å². The van der Waals surface area contributed by atoms with Crippen LogP contribution in [0.25, 0.3) is 10.9 Å². The van der Waals surface area contributed by atoms with Gasteiger partial charge in [-0.2, -0.15) is 37.9 Å². The van der Waals surface area contributed by atoms with Gasteiger partial charge in [0.1, 0.15) is 66.5 Å². The van der Waals surface area contributed by atoms with E-state index in [-0.39, 0.29) is 87.7 Å². The highest BCUT2D eigenvalue weighted by Crippen LogP contribution is 2.22. The van der Waals surface area contributed by atoms with Crippen LogP contribution in [0.15, 0.2) is 73.3 Å². The molecule has 5 rings (SSSR count). The number of carbonyl (C=O) groups excluding carboxylic acids is 14. The fourth-order valence-electron chi connectivity index (χ4n) is 11.7. The summed E-state index contributed by atoms with van der Waals surface area (Å²) in [6, 6.07) is -0.726. The number of rotatable bonds is 48. The van der Waals surface area contributed by atoms with Crippen LogP contribution in [0.1, 0.15) is 101 Å². The maximum atomic E-state index is 15.1. The monoisotopic (exact) mass is 1600 g/mol. The number of para-hydroxylation sites is 1. The highest BCUT2D eigenvalue weighted by atomic mass is 32.1. The van der Waals surface area contributed by atoms with Crippen LogP contribution in [0.3, 0.4) is 0 Å². The first-order valence-electron chi connectivity index (χ1n) is 35.9. The quantitative estimate of drug-likeness (QED) is 0.00851. The number of aliphatic carboxylic acids is 1. The molecule has 0 unspecified atom stereocenters.